The lowest BCUT2D eigenvalue weighted by atomic mass is 9.55. The molecule has 0 atom stereocenters. The summed E-state index contributed by atoms with van der Waals surface area (Å²) < 4.78 is 0. The molecule has 0 aliphatic heterocycles. The monoisotopic (exact) mass is 360 g/mol. The standard InChI is InChI=1S/C25H28O2/c1-24(2,3)25(21-10-6-4-7-11-21,22-12-8-5-9-13-22)23-15-19(17-26)14-20(16-23)18-27/h4-16,26-27H,17-18H2,1-3H3. The topological polar surface area (TPSA) is 40.5 Å². The van der Waals surface area contributed by atoms with Gasteiger partial charge in [0, 0.05) is 5.41 Å². The second-order valence-electron chi connectivity index (χ2n) is 8.09. The smallest absolute Gasteiger partial charge is 0.0682 e. The first-order valence-corrected chi connectivity index (χ1v) is 9.39. The second-order valence-corrected chi connectivity index (χ2v) is 8.09. The van der Waals surface area contributed by atoms with Crippen molar-refractivity contribution in [1.82, 2.24) is 0 Å². The molecule has 0 heterocycles. The van der Waals surface area contributed by atoms with Crippen molar-refractivity contribution in [2.75, 3.05) is 0 Å². The Balaban J connectivity index is 2.45. The normalized spacial score (nSPS) is 12.2. The summed E-state index contributed by atoms with van der Waals surface area (Å²) in [5.41, 5.74) is 4.53. The van der Waals surface area contributed by atoms with Gasteiger partial charge < -0.3 is 10.2 Å². The first-order valence-electron chi connectivity index (χ1n) is 9.39. The van der Waals surface area contributed by atoms with Crippen molar-refractivity contribution in [2.45, 2.75) is 39.4 Å². The zero-order valence-electron chi connectivity index (χ0n) is 16.3. The van der Waals surface area contributed by atoms with E-state index in [-0.39, 0.29) is 18.6 Å². The molecular formula is C25H28O2. The van der Waals surface area contributed by atoms with Crippen molar-refractivity contribution in [3.63, 3.8) is 0 Å². The van der Waals surface area contributed by atoms with E-state index in [1.807, 2.05) is 18.2 Å². The van der Waals surface area contributed by atoms with Crippen molar-refractivity contribution in [1.29, 1.82) is 0 Å². The van der Waals surface area contributed by atoms with E-state index in [1.54, 1.807) is 0 Å². The van der Waals surface area contributed by atoms with Gasteiger partial charge in [-0.25, -0.2) is 0 Å². The van der Waals surface area contributed by atoms with Gasteiger partial charge in [0.15, 0.2) is 0 Å². The summed E-state index contributed by atoms with van der Waals surface area (Å²) >= 11 is 0. The van der Waals surface area contributed by atoms with Crippen LogP contribution in [0, 0.1) is 5.41 Å². The van der Waals surface area contributed by atoms with Gasteiger partial charge >= 0.3 is 0 Å². The highest BCUT2D eigenvalue weighted by atomic mass is 16.3. The minimum Gasteiger partial charge on any atom is -0.392 e. The molecule has 2 heteroatoms. The van der Waals surface area contributed by atoms with Crippen molar-refractivity contribution < 1.29 is 10.2 Å². The van der Waals surface area contributed by atoms with E-state index >= 15 is 0 Å². The van der Waals surface area contributed by atoms with Gasteiger partial charge in [0.05, 0.1) is 13.2 Å². The maximum absolute atomic E-state index is 9.81. The molecular weight excluding hydrogens is 332 g/mol. The Bertz CT molecular complexity index is 815. The van der Waals surface area contributed by atoms with E-state index in [1.165, 1.54) is 11.1 Å². The van der Waals surface area contributed by atoms with Crippen LogP contribution in [0.1, 0.15) is 48.6 Å². The molecule has 2 N–H and O–H groups in total. The Kier molecular flexibility index (Phi) is 5.50. The van der Waals surface area contributed by atoms with E-state index in [0.717, 1.165) is 16.7 Å². The molecule has 0 fully saturated rings. The number of aliphatic hydroxyl groups is 2. The Morgan fingerprint density at radius 2 is 1.00 bits per heavy atom. The molecule has 2 nitrogen and oxygen atoms in total. The first kappa shape index (κ1) is 19.3. The van der Waals surface area contributed by atoms with E-state index in [2.05, 4.69) is 81.4 Å². The number of hydrogen-bond donors (Lipinski definition) is 2. The van der Waals surface area contributed by atoms with Crippen molar-refractivity contribution in [3.05, 3.63) is 107 Å². The third-order valence-electron chi connectivity index (χ3n) is 5.39. The van der Waals surface area contributed by atoms with Crippen LogP contribution in [0.4, 0.5) is 0 Å². The highest BCUT2D eigenvalue weighted by Gasteiger charge is 2.46. The molecule has 0 aromatic heterocycles. The predicted molar refractivity (Wildman–Crippen MR) is 111 cm³/mol. The Morgan fingerprint density at radius 1 is 0.593 bits per heavy atom. The molecule has 3 rings (SSSR count). The van der Waals surface area contributed by atoms with Crippen LogP contribution >= 0.6 is 0 Å². The van der Waals surface area contributed by atoms with E-state index < -0.39 is 5.41 Å². The lowest BCUT2D eigenvalue weighted by molar-refractivity contribution is 0.263. The predicted octanol–water partition coefficient (Wildman–Crippen LogP) is 5.05. The van der Waals surface area contributed by atoms with Gasteiger partial charge in [0.1, 0.15) is 0 Å². The Hall–Kier alpha value is -2.42. The summed E-state index contributed by atoms with van der Waals surface area (Å²) in [6.07, 6.45) is 0. The lowest BCUT2D eigenvalue weighted by Crippen LogP contribution is -2.42. The first-order chi connectivity index (χ1) is 12.9. The maximum Gasteiger partial charge on any atom is 0.0682 e. The molecule has 140 valence electrons. The Labute approximate surface area is 162 Å². The van der Waals surface area contributed by atoms with Crippen LogP contribution in [0.5, 0.6) is 0 Å². The van der Waals surface area contributed by atoms with Gasteiger partial charge in [-0.05, 0) is 33.2 Å². The van der Waals surface area contributed by atoms with Crippen molar-refractivity contribution in [2.24, 2.45) is 5.41 Å². The number of benzene rings is 3. The number of rotatable bonds is 5. The molecule has 27 heavy (non-hydrogen) atoms. The van der Waals surface area contributed by atoms with Crippen LogP contribution in [-0.2, 0) is 18.6 Å². The van der Waals surface area contributed by atoms with Crippen LogP contribution in [0.3, 0.4) is 0 Å². The van der Waals surface area contributed by atoms with Gasteiger partial charge in [0.2, 0.25) is 0 Å². The highest BCUT2D eigenvalue weighted by Crippen LogP contribution is 2.52. The molecule has 0 aliphatic rings. The summed E-state index contributed by atoms with van der Waals surface area (Å²) in [4.78, 5) is 0. The minimum atomic E-state index is -0.426. The fourth-order valence-corrected chi connectivity index (χ4v) is 4.34. The molecule has 0 saturated heterocycles. The minimum absolute atomic E-state index is 0.0510. The van der Waals surface area contributed by atoms with Crippen LogP contribution in [0.25, 0.3) is 0 Å². The zero-order valence-corrected chi connectivity index (χ0v) is 16.3. The summed E-state index contributed by atoms with van der Waals surface area (Å²) in [5.74, 6) is 0. The van der Waals surface area contributed by atoms with Crippen LogP contribution < -0.4 is 0 Å². The van der Waals surface area contributed by atoms with E-state index in [9.17, 15) is 10.2 Å². The third kappa shape index (κ3) is 3.43. The number of aliphatic hydroxyl groups excluding tert-OH is 2. The molecule has 0 radical (unpaired) electrons. The van der Waals surface area contributed by atoms with Gasteiger partial charge in [0.25, 0.3) is 0 Å². The third-order valence-corrected chi connectivity index (χ3v) is 5.39. The zero-order chi connectivity index (χ0) is 19.5. The molecule has 0 spiro atoms. The molecule has 3 aromatic carbocycles. The quantitative estimate of drug-likeness (QED) is 0.625. The summed E-state index contributed by atoms with van der Waals surface area (Å²) in [5, 5.41) is 19.6. The highest BCUT2D eigenvalue weighted by molar-refractivity contribution is 5.54. The van der Waals surface area contributed by atoms with E-state index in [0.29, 0.717) is 0 Å². The maximum atomic E-state index is 9.81. The summed E-state index contributed by atoms with van der Waals surface area (Å²) in [6, 6.07) is 27.0. The molecule has 0 unspecified atom stereocenters. The van der Waals surface area contributed by atoms with Crippen LogP contribution in [0.2, 0.25) is 0 Å². The second kappa shape index (κ2) is 7.67. The molecule has 0 bridgehead atoms. The SMILES string of the molecule is CC(C)(C)C(c1ccccc1)(c1ccccc1)c1cc(CO)cc(CO)c1. The molecule has 3 aromatic rings. The van der Waals surface area contributed by atoms with Gasteiger partial charge in [-0.1, -0.05) is 99.6 Å². The number of hydrogen-bond acceptors (Lipinski definition) is 2. The van der Waals surface area contributed by atoms with Crippen molar-refractivity contribution in [3.8, 4) is 0 Å². The fraction of sp³-hybridized carbons (Fsp3) is 0.280. The summed E-state index contributed by atoms with van der Waals surface area (Å²) in [6.45, 7) is 6.64. The Morgan fingerprint density at radius 3 is 1.33 bits per heavy atom. The fourth-order valence-electron chi connectivity index (χ4n) is 4.34. The van der Waals surface area contributed by atoms with Crippen LogP contribution in [-0.4, -0.2) is 10.2 Å². The van der Waals surface area contributed by atoms with Gasteiger partial charge in [-0.3, -0.25) is 0 Å². The van der Waals surface area contributed by atoms with Crippen molar-refractivity contribution >= 4 is 0 Å². The largest absolute Gasteiger partial charge is 0.392 e. The molecule has 0 amide bonds. The lowest BCUT2D eigenvalue weighted by Gasteiger charge is -2.47. The average molecular weight is 360 g/mol. The van der Waals surface area contributed by atoms with E-state index in [4.69, 9.17) is 0 Å². The van der Waals surface area contributed by atoms with Gasteiger partial charge in [-0.15, -0.1) is 0 Å². The summed E-state index contributed by atoms with van der Waals surface area (Å²) in [7, 11) is 0. The van der Waals surface area contributed by atoms with Gasteiger partial charge in [-0.2, -0.15) is 0 Å². The molecule has 0 aliphatic carbocycles. The molecule has 0 saturated carbocycles. The average Bonchev–Trinajstić information content (AvgIpc) is 2.69. The van der Waals surface area contributed by atoms with Crippen LogP contribution in [0.15, 0.2) is 78.9 Å².